The van der Waals surface area contributed by atoms with Gasteiger partial charge in [0.25, 0.3) is 11.8 Å². The maximum absolute atomic E-state index is 13.2. The first-order chi connectivity index (χ1) is 17.7. The van der Waals surface area contributed by atoms with Gasteiger partial charge in [0.05, 0.1) is 25.3 Å². The highest BCUT2D eigenvalue weighted by Crippen LogP contribution is 2.37. The van der Waals surface area contributed by atoms with E-state index in [2.05, 4.69) is 20.9 Å². The fourth-order valence-electron chi connectivity index (χ4n) is 5.20. The first-order valence-corrected chi connectivity index (χ1v) is 12.2. The van der Waals surface area contributed by atoms with E-state index in [-0.39, 0.29) is 36.4 Å². The summed E-state index contributed by atoms with van der Waals surface area (Å²) < 4.78 is 11.4. The van der Waals surface area contributed by atoms with E-state index in [1.165, 1.54) is 0 Å². The van der Waals surface area contributed by atoms with Crippen LogP contribution in [0.4, 0.5) is 4.79 Å². The number of amides is 5. The minimum atomic E-state index is -1.51. The van der Waals surface area contributed by atoms with Gasteiger partial charge < -0.3 is 29.9 Å². The minimum absolute atomic E-state index is 0.0551. The summed E-state index contributed by atoms with van der Waals surface area (Å²) in [6.07, 6.45) is 4.91. The summed E-state index contributed by atoms with van der Waals surface area (Å²) in [5.74, 6) is -0.433. The van der Waals surface area contributed by atoms with Crippen LogP contribution in [0, 0.1) is 11.8 Å². The molecule has 0 radical (unpaired) electrons. The molecule has 0 bridgehead atoms. The molecule has 1 aliphatic carbocycles. The van der Waals surface area contributed by atoms with Crippen LogP contribution in [0.5, 0.6) is 5.75 Å². The van der Waals surface area contributed by atoms with E-state index in [4.69, 9.17) is 9.47 Å². The quantitative estimate of drug-likeness (QED) is 0.395. The van der Waals surface area contributed by atoms with Crippen LogP contribution in [0.15, 0.2) is 36.1 Å². The van der Waals surface area contributed by atoms with Crippen molar-refractivity contribution >= 4 is 23.8 Å². The monoisotopic (exact) mass is 510 g/mol. The maximum Gasteiger partial charge on any atom is 0.322 e. The molecule has 196 valence electrons. The highest BCUT2D eigenvalue weighted by molar-refractivity contribution is 6.08. The van der Waals surface area contributed by atoms with Crippen molar-refractivity contribution in [3.8, 4) is 5.75 Å². The van der Waals surface area contributed by atoms with Gasteiger partial charge in [-0.1, -0.05) is 6.08 Å². The van der Waals surface area contributed by atoms with Crippen molar-refractivity contribution in [2.45, 2.75) is 18.1 Å². The number of allylic oxidation sites excluding steroid dienone is 1. The predicted octanol–water partition coefficient (Wildman–Crippen LogP) is -0.571. The van der Waals surface area contributed by atoms with Crippen molar-refractivity contribution in [3.63, 3.8) is 0 Å². The number of methoxy groups -OCH3 is 1. The summed E-state index contributed by atoms with van der Waals surface area (Å²) in [4.78, 5) is 59.2. The number of likely N-dealkylation sites (N-methyl/N-ethyl adjacent to an activating group) is 1. The number of nitrogens with zero attached hydrogens (tertiary/aromatic N) is 3. The van der Waals surface area contributed by atoms with E-state index < -0.39 is 29.5 Å². The third kappa shape index (κ3) is 4.52. The molecule has 4 heterocycles. The predicted molar refractivity (Wildman–Crippen MR) is 130 cm³/mol. The van der Waals surface area contributed by atoms with Gasteiger partial charge in [0, 0.05) is 32.0 Å². The fourth-order valence-corrected chi connectivity index (χ4v) is 5.20. The van der Waals surface area contributed by atoms with Gasteiger partial charge in [-0.3, -0.25) is 19.7 Å². The average Bonchev–Trinajstić information content (AvgIpc) is 3.52. The average molecular weight is 511 g/mol. The molecule has 1 aromatic heterocycles. The molecular formula is C25H30N6O6. The van der Waals surface area contributed by atoms with Crippen LogP contribution in [-0.2, 0) is 20.7 Å². The van der Waals surface area contributed by atoms with Crippen LogP contribution < -0.4 is 20.7 Å². The Bertz CT molecular complexity index is 1210. The second kappa shape index (κ2) is 9.51. The van der Waals surface area contributed by atoms with Crippen LogP contribution in [-0.4, -0.2) is 97.6 Å². The van der Waals surface area contributed by atoms with Crippen molar-refractivity contribution in [1.29, 1.82) is 0 Å². The summed E-state index contributed by atoms with van der Waals surface area (Å²) in [7, 11) is 5.38. The number of aromatic nitrogens is 1. The molecule has 12 heteroatoms. The minimum Gasteiger partial charge on any atom is -0.497 e. The topological polar surface area (TPSA) is 142 Å². The van der Waals surface area contributed by atoms with E-state index in [0.29, 0.717) is 36.8 Å². The SMILES string of the molecule is COC1=CC2C(=O)N(CC3(C4Cc5nc(C(=O)NCCN(C)C)ccc5O4)NC(=O)NC3=O)CC2C=C1. The van der Waals surface area contributed by atoms with Crippen molar-refractivity contribution in [1.82, 2.24) is 30.7 Å². The number of carbonyl (C=O) groups is 4. The normalized spacial score (nSPS) is 27.9. The van der Waals surface area contributed by atoms with E-state index in [0.717, 1.165) is 0 Å². The van der Waals surface area contributed by atoms with Gasteiger partial charge in [-0.15, -0.1) is 0 Å². The van der Waals surface area contributed by atoms with Crippen molar-refractivity contribution in [2.75, 3.05) is 47.4 Å². The van der Waals surface area contributed by atoms with Crippen molar-refractivity contribution in [2.24, 2.45) is 11.8 Å². The maximum atomic E-state index is 13.2. The second-order valence-electron chi connectivity index (χ2n) is 9.93. The molecule has 4 atom stereocenters. The lowest BCUT2D eigenvalue weighted by Crippen LogP contribution is -2.64. The summed E-state index contributed by atoms with van der Waals surface area (Å²) in [6, 6.07) is 2.56. The number of nitrogens with one attached hydrogen (secondary N) is 3. The Morgan fingerprint density at radius 2 is 2.14 bits per heavy atom. The molecule has 5 amide bonds. The number of likely N-dealkylation sites (tertiary alicyclic amines) is 1. The first kappa shape index (κ1) is 24.8. The molecule has 2 saturated heterocycles. The van der Waals surface area contributed by atoms with Gasteiger partial charge in [-0.2, -0.15) is 0 Å². The van der Waals surface area contributed by atoms with Crippen LogP contribution in [0.2, 0.25) is 0 Å². The van der Waals surface area contributed by atoms with Gasteiger partial charge in [0.15, 0.2) is 5.54 Å². The molecule has 0 spiro atoms. The zero-order chi connectivity index (χ0) is 26.3. The number of imide groups is 1. The van der Waals surface area contributed by atoms with Crippen LogP contribution in [0.3, 0.4) is 0 Å². The molecule has 0 saturated carbocycles. The smallest absolute Gasteiger partial charge is 0.322 e. The lowest BCUT2D eigenvalue weighted by Gasteiger charge is -2.35. The number of pyridine rings is 1. The molecule has 1 aromatic rings. The molecule has 3 aliphatic heterocycles. The summed E-state index contributed by atoms with van der Waals surface area (Å²) >= 11 is 0. The molecule has 4 unspecified atom stereocenters. The van der Waals surface area contributed by atoms with E-state index in [1.54, 1.807) is 30.2 Å². The Kier molecular flexibility index (Phi) is 6.36. The van der Waals surface area contributed by atoms with Gasteiger partial charge >= 0.3 is 6.03 Å². The number of hydrogen-bond donors (Lipinski definition) is 3. The van der Waals surface area contributed by atoms with E-state index in [9.17, 15) is 19.2 Å². The number of urea groups is 1. The van der Waals surface area contributed by atoms with Crippen LogP contribution >= 0.6 is 0 Å². The Balaban J connectivity index is 1.34. The number of hydrogen-bond acceptors (Lipinski definition) is 8. The number of fused-ring (bicyclic) bond motifs is 2. The largest absolute Gasteiger partial charge is 0.497 e. The Labute approximate surface area is 214 Å². The van der Waals surface area contributed by atoms with Crippen LogP contribution in [0.1, 0.15) is 16.2 Å². The zero-order valence-corrected chi connectivity index (χ0v) is 20.9. The summed E-state index contributed by atoms with van der Waals surface area (Å²) in [5.41, 5.74) is -0.760. The molecule has 12 nitrogen and oxygen atoms in total. The lowest BCUT2D eigenvalue weighted by atomic mass is 9.89. The first-order valence-electron chi connectivity index (χ1n) is 12.2. The Morgan fingerprint density at radius 3 is 2.84 bits per heavy atom. The zero-order valence-electron chi connectivity index (χ0n) is 20.9. The molecule has 5 rings (SSSR count). The van der Waals surface area contributed by atoms with Gasteiger partial charge in [-0.05, 0) is 38.4 Å². The number of ether oxygens (including phenoxy) is 2. The van der Waals surface area contributed by atoms with E-state index >= 15 is 0 Å². The molecule has 0 aromatic carbocycles. The van der Waals surface area contributed by atoms with Crippen molar-refractivity contribution in [3.05, 3.63) is 47.5 Å². The molecular weight excluding hydrogens is 480 g/mol. The lowest BCUT2D eigenvalue weighted by molar-refractivity contribution is -0.134. The standard InChI is InChI=1S/C25H30N6O6/c1-30(2)9-8-26-21(32)17-6-7-19-18(27-17)11-20(37-19)25(23(34)28-24(35)29-25)13-31-12-14-4-5-15(36-3)10-16(14)22(31)33/h4-7,10,14,16,20H,8-9,11-13H2,1-3H3,(H,26,32)(H2,28,29,34,35). The van der Waals surface area contributed by atoms with Gasteiger partial charge in [-0.25, -0.2) is 9.78 Å². The molecule has 37 heavy (non-hydrogen) atoms. The van der Waals surface area contributed by atoms with Gasteiger partial charge in [0.1, 0.15) is 23.3 Å². The van der Waals surface area contributed by atoms with Crippen LogP contribution in [0.25, 0.3) is 0 Å². The number of carbonyl (C=O) groups excluding carboxylic acids is 4. The third-order valence-electron chi connectivity index (χ3n) is 7.19. The third-order valence-corrected chi connectivity index (χ3v) is 7.19. The second-order valence-corrected chi connectivity index (χ2v) is 9.93. The Morgan fingerprint density at radius 1 is 1.32 bits per heavy atom. The summed E-state index contributed by atoms with van der Waals surface area (Å²) in [6.45, 7) is 1.50. The molecule has 3 N–H and O–H groups in total. The Hall–Kier alpha value is -3.93. The molecule has 4 aliphatic rings. The van der Waals surface area contributed by atoms with Crippen molar-refractivity contribution < 1.29 is 28.7 Å². The summed E-state index contributed by atoms with van der Waals surface area (Å²) in [5, 5.41) is 7.85. The fraction of sp³-hybridized carbons (Fsp3) is 0.480. The highest BCUT2D eigenvalue weighted by atomic mass is 16.5. The number of rotatable bonds is 8. The van der Waals surface area contributed by atoms with Gasteiger partial charge in [0.2, 0.25) is 5.91 Å². The van der Waals surface area contributed by atoms with E-state index in [1.807, 2.05) is 31.1 Å². The molecule has 2 fully saturated rings. The highest BCUT2D eigenvalue weighted by Gasteiger charge is 2.58.